The number of rotatable bonds is 9. The van der Waals surface area contributed by atoms with E-state index in [-0.39, 0.29) is 39.1 Å². The summed E-state index contributed by atoms with van der Waals surface area (Å²) in [5, 5.41) is 6.40. The standard InChI is InChI=1S/C30H30N4O5S2/c1-19-23(13-14-26-27(19)33-29(36)24-7-4-5-8-25(24)41(26,37)38)28(35)31-17-22-18-32-30(40-22)20-9-11-21(12-10-20)39-16-6-15-34(2)3/h4-5,7-14,18H,6,15-17H2,1-3H3,(H,31,35)(H,33,36). The molecule has 0 unspecified atom stereocenters. The van der Waals surface area contributed by atoms with Crippen LogP contribution in [0.15, 0.2) is 76.7 Å². The third-order valence-electron chi connectivity index (χ3n) is 6.72. The maximum Gasteiger partial charge on any atom is 0.257 e. The first-order valence-electron chi connectivity index (χ1n) is 13.0. The van der Waals surface area contributed by atoms with Crippen LogP contribution in [0.25, 0.3) is 10.6 Å². The van der Waals surface area contributed by atoms with Gasteiger partial charge in [-0.15, -0.1) is 11.3 Å². The zero-order valence-electron chi connectivity index (χ0n) is 22.9. The molecule has 0 saturated heterocycles. The predicted molar refractivity (Wildman–Crippen MR) is 158 cm³/mol. The van der Waals surface area contributed by atoms with Crippen molar-refractivity contribution in [3.63, 3.8) is 0 Å². The van der Waals surface area contributed by atoms with Gasteiger partial charge < -0.3 is 20.3 Å². The first-order valence-corrected chi connectivity index (χ1v) is 15.3. The zero-order valence-corrected chi connectivity index (χ0v) is 24.6. The van der Waals surface area contributed by atoms with E-state index < -0.39 is 15.7 Å². The van der Waals surface area contributed by atoms with Crippen molar-refractivity contribution in [3.05, 3.63) is 88.4 Å². The van der Waals surface area contributed by atoms with Crippen LogP contribution in [-0.2, 0) is 16.4 Å². The third-order valence-corrected chi connectivity index (χ3v) is 9.62. The molecule has 41 heavy (non-hydrogen) atoms. The molecule has 0 atom stereocenters. The number of sulfone groups is 1. The number of ether oxygens (including phenoxy) is 1. The lowest BCUT2D eigenvalue weighted by atomic mass is 10.1. The molecule has 0 fully saturated rings. The van der Waals surface area contributed by atoms with Crippen molar-refractivity contribution in [1.82, 2.24) is 15.2 Å². The Morgan fingerprint density at radius 1 is 1.05 bits per heavy atom. The van der Waals surface area contributed by atoms with Crippen LogP contribution in [0.1, 0.15) is 37.6 Å². The van der Waals surface area contributed by atoms with E-state index in [2.05, 4.69) is 20.5 Å². The van der Waals surface area contributed by atoms with E-state index in [1.165, 1.54) is 35.6 Å². The second kappa shape index (κ2) is 11.8. The van der Waals surface area contributed by atoms with E-state index in [9.17, 15) is 18.0 Å². The van der Waals surface area contributed by atoms with Gasteiger partial charge in [0.1, 0.15) is 10.8 Å². The molecule has 2 N–H and O–H groups in total. The van der Waals surface area contributed by atoms with Gasteiger partial charge >= 0.3 is 0 Å². The number of nitrogens with one attached hydrogen (secondary N) is 2. The van der Waals surface area contributed by atoms with Gasteiger partial charge in [-0.2, -0.15) is 0 Å². The number of aromatic nitrogens is 1. The molecule has 9 nitrogen and oxygen atoms in total. The largest absolute Gasteiger partial charge is 0.494 e. The average molecular weight is 591 g/mol. The summed E-state index contributed by atoms with van der Waals surface area (Å²) < 4.78 is 32.4. The van der Waals surface area contributed by atoms with Crippen molar-refractivity contribution in [2.45, 2.75) is 29.7 Å². The van der Waals surface area contributed by atoms with Gasteiger partial charge in [0.05, 0.1) is 34.2 Å². The molecule has 1 aliphatic heterocycles. The molecule has 11 heteroatoms. The summed E-state index contributed by atoms with van der Waals surface area (Å²) >= 11 is 1.47. The molecule has 212 valence electrons. The molecule has 2 amide bonds. The number of carbonyl (C=O) groups is 2. The van der Waals surface area contributed by atoms with Crippen LogP contribution in [-0.4, -0.2) is 57.4 Å². The molecule has 0 aliphatic carbocycles. The van der Waals surface area contributed by atoms with Crippen molar-refractivity contribution in [2.24, 2.45) is 0 Å². The number of nitrogens with zero attached hydrogens (tertiary/aromatic N) is 2. The summed E-state index contributed by atoms with van der Waals surface area (Å²) in [6, 6.07) is 16.7. The fraction of sp³-hybridized carbons (Fsp3) is 0.233. The van der Waals surface area contributed by atoms with Crippen LogP contribution in [0.3, 0.4) is 0 Å². The summed E-state index contributed by atoms with van der Waals surface area (Å²) in [4.78, 5) is 33.3. The molecule has 2 heterocycles. The van der Waals surface area contributed by atoms with Crippen LogP contribution < -0.4 is 15.4 Å². The van der Waals surface area contributed by atoms with Gasteiger partial charge in [0.2, 0.25) is 9.84 Å². The van der Waals surface area contributed by atoms with E-state index in [0.29, 0.717) is 12.2 Å². The van der Waals surface area contributed by atoms with Gasteiger partial charge in [0, 0.05) is 28.7 Å². The highest BCUT2D eigenvalue weighted by molar-refractivity contribution is 7.91. The first kappa shape index (κ1) is 28.5. The maximum atomic E-state index is 13.3. The van der Waals surface area contributed by atoms with E-state index in [1.54, 1.807) is 25.3 Å². The Bertz CT molecular complexity index is 1710. The Morgan fingerprint density at radius 2 is 1.80 bits per heavy atom. The molecular formula is C30H30N4O5S2. The third kappa shape index (κ3) is 6.02. The number of hydrogen-bond acceptors (Lipinski definition) is 8. The molecule has 4 aromatic rings. The monoisotopic (exact) mass is 590 g/mol. The van der Waals surface area contributed by atoms with Gasteiger partial charge in [0.25, 0.3) is 11.8 Å². The molecular weight excluding hydrogens is 560 g/mol. The second-order valence-corrected chi connectivity index (χ2v) is 12.9. The highest BCUT2D eigenvalue weighted by Crippen LogP contribution is 2.37. The Labute approximate surface area is 243 Å². The Morgan fingerprint density at radius 3 is 2.56 bits per heavy atom. The number of carbonyl (C=O) groups excluding carboxylic acids is 2. The Kier molecular flexibility index (Phi) is 8.20. The van der Waals surface area contributed by atoms with E-state index in [0.717, 1.165) is 34.2 Å². The highest BCUT2D eigenvalue weighted by atomic mass is 32.2. The van der Waals surface area contributed by atoms with E-state index in [4.69, 9.17) is 4.74 Å². The lowest BCUT2D eigenvalue weighted by Crippen LogP contribution is -2.24. The maximum absolute atomic E-state index is 13.3. The number of anilines is 1. The minimum absolute atomic E-state index is 0.0399. The van der Waals surface area contributed by atoms with Crippen molar-refractivity contribution < 1.29 is 22.7 Å². The minimum Gasteiger partial charge on any atom is -0.494 e. The normalized spacial score (nSPS) is 13.6. The quantitative estimate of drug-likeness (QED) is 0.270. The Balaban J connectivity index is 1.26. The van der Waals surface area contributed by atoms with Gasteiger partial charge in [-0.05, 0) is 81.5 Å². The van der Waals surface area contributed by atoms with Gasteiger partial charge in [-0.3, -0.25) is 9.59 Å². The van der Waals surface area contributed by atoms with Gasteiger partial charge in [-0.25, -0.2) is 13.4 Å². The first-order chi connectivity index (χ1) is 19.6. The number of hydrogen-bond donors (Lipinski definition) is 2. The summed E-state index contributed by atoms with van der Waals surface area (Å²) in [7, 11) is 0.112. The Hall–Kier alpha value is -4.06. The van der Waals surface area contributed by atoms with Crippen molar-refractivity contribution in [2.75, 3.05) is 32.6 Å². The smallest absolute Gasteiger partial charge is 0.257 e. The van der Waals surface area contributed by atoms with Crippen LogP contribution in [0, 0.1) is 6.92 Å². The summed E-state index contributed by atoms with van der Waals surface area (Å²) in [5.74, 6) is -0.116. The molecule has 0 spiro atoms. The number of fused-ring (bicyclic) bond motifs is 2. The number of benzene rings is 3. The van der Waals surface area contributed by atoms with Crippen LogP contribution in [0.2, 0.25) is 0 Å². The van der Waals surface area contributed by atoms with E-state index in [1.807, 2.05) is 38.4 Å². The molecule has 3 aromatic carbocycles. The molecule has 0 bridgehead atoms. The van der Waals surface area contributed by atoms with Gasteiger partial charge in [0.15, 0.2) is 0 Å². The summed E-state index contributed by atoms with van der Waals surface area (Å²) in [6.07, 6.45) is 2.67. The molecule has 0 radical (unpaired) electrons. The second-order valence-electron chi connectivity index (χ2n) is 9.91. The van der Waals surface area contributed by atoms with Crippen LogP contribution >= 0.6 is 11.3 Å². The lowest BCUT2D eigenvalue weighted by molar-refractivity contribution is 0.0949. The topological polar surface area (TPSA) is 118 Å². The minimum atomic E-state index is -3.96. The lowest BCUT2D eigenvalue weighted by Gasteiger charge is -2.14. The predicted octanol–water partition coefficient (Wildman–Crippen LogP) is 4.78. The molecule has 1 aliphatic rings. The molecule has 1 aromatic heterocycles. The van der Waals surface area contributed by atoms with E-state index >= 15 is 0 Å². The van der Waals surface area contributed by atoms with Crippen LogP contribution in [0.5, 0.6) is 5.75 Å². The van der Waals surface area contributed by atoms with Crippen molar-refractivity contribution in [1.29, 1.82) is 0 Å². The SMILES string of the molecule is Cc1c(C(=O)NCc2cnc(-c3ccc(OCCCN(C)C)cc3)s2)ccc2c1NC(=O)c1ccccc1S2(=O)=O. The number of thiazole rings is 1. The van der Waals surface area contributed by atoms with Crippen molar-refractivity contribution in [3.8, 4) is 16.3 Å². The summed E-state index contributed by atoms with van der Waals surface area (Å²) in [6.45, 7) is 3.49. The van der Waals surface area contributed by atoms with Gasteiger partial charge in [-0.1, -0.05) is 12.1 Å². The fourth-order valence-corrected chi connectivity index (χ4v) is 7.07. The number of amides is 2. The summed E-state index contributed by atoms with van der Waals surface area (Å²) in [5.41, 5.74) is 1.78. The highest BCUT2D eigenvalue weighted by Gasteiger charge is 2.33. The van der Waals surface area contributed by atoms with Crippen LogP contribution in [0.4, 0.5) is 5.69 Å². The fourth-order valence-electron chi connectivity index (χ4n) is 4.55. The molecule has 0 saturated carbocycles. The van der Waals surface area contributed by atoms with Crippen molar-refractivity contribution >= 4 is 38.7 Å². The average Bonchev–Trinajstić information content (AvgIpc) is 3.41. The molecule has 5 rings (SSSR count). The zero-order chi connectivity index (χ0) is 29.1.